The number of hydrogen-bond acceptors (Lipinski definition) is 6. The molecule has 0 radical (unpaired) electrons. The lowest BCUT2D eigenvalue weighted by molar-refractivity contribution is -0.150. The fourth-order valence-electron chi connectivity index (χ4n) is 3.61. The van der Waals surface area contributed by atoms with E-state index in [-0.39, 0.29) is 22.0 Å². The topological polar surface area (TPSA) is 108 Å². The highest BCUT2D eigenvalue weighted by atomic mass is 35.5. The molecule has 0 saturated heterocycles. The lowest BCUT2D eigenvalue weighted by Crippen LogP contribution is -2.44. The molecule has 0 aromatic heterocycles. The third-order valence-corrected chi connectivity index (χ3v) is 6.67. The standard InChI is InChI=1S/C24H19ClF3N3O4S/c1-12-3-5-13(6-4-12)19-15(10-29)22(31-21(33)20(19)23(34)35-2)36-11-18(32)30-14-7-8-17(25)16(9-14)24(26,27)28/h3-9,19-20H,11H2,1-2H3,(H,30,32)(H,31,33). The molecule has 12 heteroatoms. The lowest BCUT2D eigenvalue weighted by atomic mass is 9.78. The number of nitrogens with zero attached hydrogens (tertiary/aromatic N) is 1. The number of carbonyl (C=O) groups excluding carboxylic acids is 3. The Hall–Kier alpha value is -3.49. The first-order chi connectivity index (χ1) is 17.0. The van der Waals surface area contributed by atoms with Gasteiger partial charge >= 0.3 is 12.1 Å². The number of methoxy groups -OCH3 is 1. The summed E-state index contributed by atoms with van der Waals surface area (Å²) in [5, 5.41) is 14.3. The highest BCUT2D eigenvalue weighted by Crippen LogP contribution is 2.40. The molecule has 0 spiro atoms. The minimum atomic E-state index is -4.70. The lowest BCUT2D eigenvalue weighted by Gasteiger charge is -2.31. The van der Waals surface area contributed by atoms with E-state index in [9.17, 15) is 32.8 Å². The molecule has 2 aromatic carbocycles. The Morgan fingerprint density at radius 1 is 1.22 bits per heavy atom. The van der Waals surface area contributed by atoms with Gasteiger partial charge in [-0.1, -0.05) is 53.2 Å². The zero-order chi connectivity index (χ0) is 26.6. The van der Waals surface area contributed by atoms with Gasteiger partial charge in [0.15, 0.2) is 0 Å². The maximum atomic E-state index is 13.1. The third kappa shape index (κ3) is 6.01. The number of aryl methyl sites for hydroxylation is 1. The summed E-state index contributed by atoms with van der Waals surface area (Å²) in [7, 11) is 1.13. The van der Waals surface area contributed by atoms with Crippen LogP contribution in [0.25, 0.3) is 0 Å². The molecular formula is C24H19ClF3N3O4S. The van der Waals surface area contributed by atoms with Crippen molar-refractivity contribution >= 4 is 46.8 Å². The summed E-state index contributed by atoms with van der Waals surface area (Å²) >= 11 is 6.41. The van der Waals surface area contributed by atoms with Crippen molar-refractivity contribution in [3.05, 3.63) is 74.8 Å². The molecule has 2 atom stereocenters. The second kappa shape index (κ2) is 11.1. The second-order valence-corrected chi connectivity index (χ2v) is 9.16. The zero-order valence-corrected chi connectivity index (χ0v) is 20.5. The van der Waals surface area contributed by atoms with Gasteiger partial charge in [-0.2, -0.15) is 18.4 Å². The van der Waals surface area contributed by atoms with Crippen molar-refractivity contribution in [3.8, 4) is 6.07 Å². The van der Waals surface area contributed by atoms with Gasteiger partial charge in [0.1, 0.15) is 5.92 Å². The molecule has 2 unspecified atom stereocenters. The van der Waals surface area contributed by atoms with Gasteiger partial charge in [0, 0.05) is 11.6 Å². The maximum absolute atomic E-state index is 13.1. The molecule has 36 heavy (non-hydrogen) atoms. The number of carbonyl (C=O) groups is 3. The Kier molecular flexibility index (Phi) is 8.32. The molecule has 1 aliphatic rings. The number of alkyl halides is 3. The predicted molar refractivity (Wildman–Crippen MR) is 128 cm³/mol. The fraction of sp³-hybridized carbons (Fsp3) is 0.250. The molecule has 0 saturated carbocycles. The van der Waals surface area contributed by atoms with Crippen LogP contribution in [-0.2, 0) is 25.3 Å². The third-order valence-electron chi connectivity index (χ3n) is 5.32. The Morgan fingerprint density at radius 2 is 1.89 bits per heavy atom. The van der Waals surface area contributed by atoms with E-state index in [1.165, 1.54) is 6.07 Å². The normalized spacial score (nSPS) is 17.8. The number of nitrogens with one attached hydrogen (secondary N) is 2. The molecule has 0 aliphatic carbocycles. The fourth-order valence-corrected chi connectivity index (χ4v) is 4.68. The van der Waals surface area contributed by atoms with Crippen molar-refractivity contribution in [2.45, 2.75) is 19.0 Å². The average molecular weight is 538 g/mol. The minimum absolute atomic E-state index is 0.0532. The summed E-state index contributed by atoms with van der Waals surface area (Å²) in [4.78, 5) is 37.7. The van der Waals surface area contributed by atoms with E-state index in [0.29, 0.717) is 11.6 Å². The number of benzene rings is 2. The van der Waals surface area contributed by atoms with Crippen molar-refractivity contribution in [2.75, 3.05) is 18.2 Å². The van der Waals surface area contributed by atoms with Crippen LogP contribution in [0.2, 0.25) is 5.02 Å². The highest BCUT2D eigenvalue weighted by molar-refractivity contribution is 8.03. The number of anilines is 1. The molecule has 2 amide bonds. The van der Waals surface area contributed by atoms with Gasteiger partial charge in [0.25, 0.3) is 0 Å². The molecular weight excluding hydrogens is 519 g/mol. The van der Waals surface area contributed by atoms with Crippen LogP contribution < -0.4 is 10.6 Å². The molecule has 0 bridgehead atoms. The summed E-state index contributed by atoms with van der Waals surface area (Å²) in [6, 6.07) is 11.9. The largest absolute Gasteiger partial charge is 0.468 e. The number of halogens is 4. The molecule has 1 aliphatic heterocycles. The van der Waals surface area contributed by atoms with E-state index in [1.807, 2.05) is 13.0 Å². The summed E-state index contributed by atoms with van der Waals surface area (Å²) in [5.41, 5.74) is 0.294. The van der Waals surface area contributed by atoms with Crippen molar-refractivity contribution < 1.29 is 32.3 Å². The minimum Gasteiger partial charge on any atom is -0.468 e. The SMILES string of the molecule is COC(=O)C1C(=O)NC(SCC(=O)Nc2ccc(Cl)c(C(F)(F)F)c2)=C(C#N)C1c1ccc(C)cc1. The smallest absolute Gasteiger partial charge is 0.417 e. The van der Waals surface area contributed by atoms with Crippen LogP contribution in [0.4, 0.5) is 18.9 Å². The highest BCUT2D eigenvalue weighted by Gasteiger charge is 2.44. The summed E-state index contributed by atoms with van der Waals surface area (Å²) in [5.74, 6) is -4.82. The van der Waals surface area contributed by atoms with Crippen LogP contribution in [0.5, 0.6) is 0 Å². The number of esters is 1. The van der Waals surface area contributed by atoms with Crippen molar-refractivity contribution in [1.29, 1.82) is 5.26 Å². The van der Waals surface area contributed by atoms with Gasteiger partial charge in [-0.25, -0.2) is 0 Å². The summed E-state index contributed by atoms with van der Waals surface area (Å²) in [6.07, 6.45) is -4.70. The van der Waals surface area contributed by atoms with E-state index in [0.717, 1.165) is 30.5 Å². The first-order valence-corrected chi connectivity index (χ1v) is 11.7. The van der Waals surface area contributed by atoms with E-state index in [4.69, 9.17) is 16.3 Å². The van der Waals surface area contributed by atoms with Crippen LogP contribution in [0.1, 0.15) is 22.6 Å². The molecule has 7 nitrogen and oxygen atoms in total. The van der Waals surface area contributed by atoms with Crippen LogP contribution in [0.3, 0.4) is 0 Å². The zero-order valence-electron chi connectivity index (χ0n) is 18.9. The molecule has 0 fully saturated rings. The van der Waals surface area contributed by atoms with E-state index >= 15 is 0 Å². The number of rotatable bonds is 6. The number of amides is 2. The Morgan fingerprint density at radius 3 is 2.47 bits per heavy atom. The first kappa shape index (κ1) is 27.1. The molecule has 3 rings (SSSR count). The van der Waals surface area contributed by atoms with E-state index in [1.54, 1.807) is 24.3 Å². The molecule has 1 heterocycles. The van der Waals surface area contributed by atoms with Crippen molar-refractivity contribution in [1.82, 2.24) is 5.32 Å². The Bertz CT molecular complexity index is 1270. The summed E-state index contributed by atoms with van der Waals surface area (Å²) < 4.78 is 44.0. The van der Waals surface area contributed by atoms with Gasteiger partial charge in [-0.15, -0.1) is 0 Å². The van der Waals surface area contributed by atoms with Gasteiger partial charge in [0.05, 0.1) is 40.1 Å². The number of nitriles is 1. The number of allylic oxidation sites excluding steroid dienone is 1. The maximum Gasteiger partial charge on any atom is 0.417 e. The van der Waals surface area contributed by atoms with Gasteiger partial charge in [0.2, 0.25) is 11.8 Å². The van der Waals surface area contributed by atoms with Gasteiger partial charge in [-0.05, 0) is 30.7 Å². The molecule has 188 valence electrons. The van der Waals surface area contributed by atoms with Gasteiger partial charge in [-0.3, -0.25) is 14.4 Å². The average Bonchev–Trinajstić information content (AvgIpc) is 2.82. The van der Waals surface area contributed by atoms with Crippen molar-refractivity contribution in [3.63, 3.8) is 0 Å². The van der Waals surface area contributed by atoms with Crippen molar-refractivity contribution in [2.24, 2.45) is 5.92 Å². The van der Waals surface area contributed by atoms with Crippen LogP contribution in [0, 0.1) is 24.2 Å². The Balaban J connectivity index is 1.86. The van der Waals surface area contributed by atoms with E-state index < -0.39 is 46.4 Å². The predicted octanol–water partition coefficient (Wildman–Crippen LogP) is 4.78. The number of thioether (sulfide) groups is 1. The van der Waals surface area contributed by atoms with Crippen LogP contribution >= 0.6 is 23.4 Å². The quantitative estimate of drug-likeness (QED) is 0.406. The number of hydrogen-bond donors (Lipinski definition) is 2. The molecule has 2 aromatic rings. The number of ether oxygens (including phenoxy) is 1. The van der Waals surface area contributed by atoms with Crippen LogP contribution in [-0.4, -0.2) is 30.6 Å². The molecule has 2 N–H and O–H groups in total. The first-order valence-electron chi connectivity index (χ1n) is 10.3. The summed E-state index contributed by atoms with van der Waals surface area (Å²) in [6.45, 7) is 1.86. The van der Waals surface area contributed by atoms with E-state index in [2.05, 4.69) is 10.6 Å². The monoisotopic (exact) mass is 537 g/mol. The van der Waals surface area contributed by atoms with Gasteiger partial charge < -0.3 is 15.4 Å². The second-order valence-electron chi connectivity index (χ2n) is 7.76. The Labute approximate surface area is 213 Å². The van der Waals surface area contributed by atoms with Crippen LogP contribution in [0.15, 0.2) is 53.1 Å².